The van der Waals surface area contributed by atoms with Gasteiger partial charge in [-0.3, -0.25) is 10.2 Å². The number of nitrogens with zero attached hydrogens (tertiary/aromatic N) is 3. The molecule has 0 amide bonds. The Balaban J connectivity index is 2.00. The van der Waals surface area contributed by atoms with Crippen molar-refractivity contribution in [2.24, 2.45) is 0 Å². The van der Waals surface area contributed by atoms with Crippen molar-refractivity contribution in [1.82, 2.24) is 20.4 Å². The molecule has 1 unspecified atom stereocenters. The van der Waals surface area contributed by atoms with Gasteiger partial charge in [0, 0.05) is 23.5 Å². The molecule has 0 saturated heterocycles. The molecule has 5 heteroatoms. The Labute approximate surface area is 104 Å². The second kappa shape index (κ2) is 4.00. The highest BCUT2D eigenvalue weighted by Gasteiger charge is 2.33. The van der Waals surface area contributed by atoms with E-state index in [9.17, 15) is 5.26 Å². The summed E-state index contributed by atoms with van der Waals surface area (Å²) in [5.74, 6) is 0. The van der Waals surface area contributed by atoms with Crippen molar-refractivity contribution in [1.29, 1.82) is 5.26 Å². The maximum Gasteiger partial charge on any atom is 0.108 e. The molecular weight excluding hydrogens is 226 g/mol. The van der Waals surface area contributed by atoms with Crippen molar-refractivity contribution in [3.8, 4) is 6.07 Å². The van der Waals surface area contributed by atoms with Crippen LogP contribution in [0.5, 0.6) is 0 Å². The van der Waals surface area contributed by atoms with Gasteiger partial charge in [0.05, 0.1) is 18.5 Å². The van der Waals surface area contributed by atoms with E-state index in [1.807, 2.05) is 24.4 Å². The second-order valence-electron chi connectivity index (χ2n) is 4.28. The molecule has 0 aliphatic heterocycles. The van der Waals surface area contributed by atoms with E-state index < -0.39 is 5.41 Å². The van der Waals surface area contributed by atoms with Crippen LogP contribution in [0.2, 0.25) is 0 Å². The van der Waals surface area contributed by atoms with Crippen molar-refractivity contribution >= 4 is 5.57 Å². The first-order chi connectivity index (χ1) is 8.84. The van der Waals surface area contributed by atoms with Crippen LogP contribution in [0.3, 0.4) is 0 Å². The minimum absolute atomic E-state index is 0.624. The molecule has 18 heavy (non-hydrogen) atoms. The van der Waals surface area contributed by atoms with Crippen molar-refractivity contribution in [2.75, 3.05) is 0 Å². The Hall–Kier alpha value is -2.61. The summed E-state index contributed by atoms with van der Waals surface area (Å²) in [6.07, 6.45) is 13.5. The van der Waals surface area contributed by atoms with Crippen LogP contribution in [0.4, 0.5) is 0 Å². The predicted molar refractivity (Wildman–Crippen MR) is 66.2 cm³/mol. The molecule has 0 fully saturated rings. The van der Waals surface area contributed by atoms with Crippen LogP contribution in [0.25, 0.3) is 5.57 Å². The van der Waals surface area contributed by atoms with Crippen LogP contribution in [0.15, 0.2) is 43.0 Å². The number of allylic oxidation sites excluding steroid dienone is 4. The standard InChI is InChI=1S/C13H11N5/c14-9-13(12-7-17-18-8-12)3-1-2-10(4-13)11-5-15-16-6-11/h1-3,5-8H,4H2,(H,15,16)(H,17,18). The lowest BCUT2D eigenvalue weighted by atomic mass is 9.74. The van der Waals surface area contributed by atoms with E-state index in [1.165, 1.54) is 0 Å². The maximum absolute atomic E-state index is 9.54. The number of rotatable bonds is 2. The fourth-order valence-corrected chi connectivity index (χ4v) is 2.21. The van der Waals surface area contributed by atoms with Crippen LogP contribution in [0, 0.1) is 11.3 Å². The van der Waals surface area contributed by atoms with Crippen LogP contribution in [-0.4, -0.2) is 20.4 Å². The summed E-state index contributed by atoms with van der Waals surface area (Å²) in [4.78, 5) is 0. The fourth-order valence-electron chi connectivity index (χ4n) is 2.21. The Kier molecular flexibility index (Phi) is 2.34. The Bertz CT molecular complexity index is 627. The number of hydrogen-bond donors (Lipinski definition) is 2. The summed E-state index contributed by atoms with van der Waals surface area (Å²) in [6.45, 7) is 0. The third-order valence-electron chi connectivity index (χ3n) is 3.23. The van der Waals surface area contributed by atoms with Gasteiger partial charge >= 0.3 is 0 Å². The van der Waals surface area contributed by atoms with Gasteiger partial charge in [0.25, 0.3) is 0 Å². The fraction of sp³-hybridized carbons (Fsp3) is 0.154. The normalized spacial score (nSPS) is 22.5. The van der Waals surface area contributed by atoms with Gasteiger partial charge in [-0.2, -0.15) is 15.5 Å². The van der Waals surface area contributed by atoms with Gasteiger partial charge in [-0.25, -0.2) is 0 Å². The molecule has 2 aromatic heterocycles. The first-order valence-corrected chi connectivity index (χ1v) is 5.62. The third kappa shape index (κ3) is 1.55. The summed E-state index contributed by atoms with van der Waals surface area (Å²) < 4.78 is 0. The van der Waals surface area contributed by atoms with Crippen LogP contribution < -0.4 is 0 Å². The number of nitriles is 1. The molecule has 2 heterocycles. The van der Waals surface area contributed by atoms with Crippen LogP contribution in [0.1, 0.15) is 17.5 Å². The number of hydrogen-bond acceptors (Lipinski definition) is 3. The van der Waals surface area contributed by atoms with Gasteiger partial charge in [0.15, 0.2) is 0 Å². The lowest BCUT2D eigenvalue weighted by Gasteiger charge is -2.25. The molecule has 88 valence electrons. The Morgan fingerprint density at radius 2 is 2.06 bits per heavy atom. The van der Waals surface area contributed by atoms with Crippen molar-refractivity contribution in [2.45, 2.75) is 11.8 Å². The average molecular weight is 237 g/mol. The van der Waals surface area contributed by atoms with E-state index in [0.29, 0.717) is 6.42 Å². The first-order valence-electron chi connectivity index (χ1n) is 5.62. The van der Waals surface area contributed by atoms with E-state index in [4.69, 9.17) is 0 Å². The number of aromatic nitrogens is 4. The average Bonchev–Trinajstić information content (AvgIpc) is 3.11. The third-order valence-corrected chi connectivity index (χ3v) is 3.23. The quantitative estimate of drug-likeness (QED) is 0.837. The molecule has 3 rings (SSSR count). The van der Waals surface area contributed by atoms with Gasteiger partial charge < -0.3 is 0 Å². The number of H-pyrrole nitrogens is 2. The lowest BCUT2D eigenvalue weighted by Crippen LogP contribution is -2.22. The van der Waals surface area contributed by atoms with Gasteiger partial charge in [-0.1, -0.05) is 18.2 Å². The lowest BCUT2D eigenvalue weighted by molar-refractivity contribution is 0.702. The predicted octanol–water partition coefficient (Wildman–Crippen LogP) is 1.94. The van der Waals surface area contributed by atoms with Gasteiger partial charge in [0.2, 0.25) is 0 Å². The zero-order valence-corrected chi connectivity index (χ0v) is 9.59. The highest BCUT2D eigenvalue weighted by atomic mass is 15.1. The zero-order valence-electron chi connectivity index (χ0n) is 9.59. The van der Waals surface area contributed by atoms with Gasteiger partial charge in [0.1, 0.15) is 5.41 Å². The molecule has 0 saturated carbocycles. The molecular formula is C13H11N5. The SMILES string of the molecule is N#CC1(c2cn[nH]c2)C=CC=C(c2cn[nH]c2)C1. The number of nitrogens with one attached hydrogen (secondary N) is 2. The minimum atomic E-state index is -0.644. The van der Waals surface area contributed by atoms with E-state index in [2.05, 4.69) is 26.5 Å². The molecule has 1 aliphatic carbocycles. The number of aromatic amines is 2. The highest BCUT2D eigenvalue weighted by molar-refractivity contribution is 5.71. The van der Waals surface area contributed by atoms with Crippen molar-refractivity contribution in [3.05, 3.63) is 54.1 Å². The maximum atomic E-state index is 9.54. The van der Waals surface area contributed by atoms with Crippen LogP contribution >= 0.6 is 0 Å². The molecule has 1 atom stereocenters. The summed E-state index contributed by atoms with van der Waals surface area (Å²) in [5, 5.41) is 23.0. The van der Waals surface area contributed by atoms with Gasteiger partial charge in [-0.05, 0) is 12.0 Å². The summed E-state index contributed by atoms with van der Waals surface area (Å²) in [6, 6.07) is 2.39. The van der Waals surface area contributed by atoms with E-state index in [1.54, 1.807) is 18.6 Å². The molecule has 0 spiro atoms. The topological polar surface area (TPSA) is 81.2 Å². The molecule has 0 radical (unpaired) electrons. The van der Waals surface area contributed by atoms with E-state index in [-0.39, 0.29) is 0 Å². The largest absolute Gasteiger partial charge is 0.285 e. The monoisotopic (exact) mass is 237 g/mol. The van der Waals surface area contributed by atoms with Crippen LogP contribution in [-0.2, 0) is 5.41 Å². The first kappa shape index (κ1) is 10.5. The molecule has 5 nitrogen and oxygen atoms in total. The molecule has 0 bridgehead atoms. The molecule has 2 N–H and O–H groups in total. The Morgan fingerprint density at radius 1 is 1.22 bits per heavy atom. The molecule has 1 aliphatic rings. The minimum Gasteiger partial charge on any atom is -0.285 e. The summed E-state index contributed by atoms with van der Waals surface area (Å²) >= 11 is 0. The summed E-state index contributed by atoms with van der Waals surface area (Å²) in [5.41, 5.74) is 2.35. The smallest absolute Gasteiger partial charge is 0.108 e. The van der Waals surface area contributed by atoms with Crippen molar-refractivity contribution < 1.29 is 0 Å². The zero-order chi connectivity index (χ0) is 12.4. The molecule has 0 aromatic carbocycles. The van der Waals surface area contributed by atoms with Crippen molar-refractivity contribution in [3.63, 3.8) is 0 Å². The highest BCUT2D eigenvalue weighted by Crippen LogP contribution is 2.38. The second-order valence-corrected chi connectivity index (χ2v) is 4.28. The van der Waals surface area contributed by atoms with Gasteiger partial charge in [-0.15, -0.1) is 0 Å². The van der Waals surface area contributed by atoms with E-state index >= 15 is 0 Å². The summed E-state index contributed by atoms with van der Waals surface area (Å²) in [7, 11) is 0. The Morgan fingerprint density at radius 3 is 2.72 bits per heavy atom. The van der Waals surface area contributed by atoms with E-state index in [0.717, 1.165) is 16.7 Å². The molecule has 2 aromatic rings.